The van der Waals surface area contributed by atoms with E-state index in [1.807, 2.05) is 43.3 Å². The Bertz CT molecular complexity index is 557. The van der Waals surface area contributed by atoms with Gasteiger partial charge in [0.15, 0.2) is 5.78 Å². The van der Waals surface area contributed by atoms with Crippen LogP contribution in [0.1, 0.15) is 34.3 Å². The molecule has 0 heterocycles. The highest BCUT2D eigenvalue weighted by Crippen LogP contribution is 2.41. The van der Waals surface area contributed by atoms with E-state index in [1.54, 1.807) is 0 Å². The average molecular weight is 222 g/mol. The van der Waals surface area contributed by atoms with Gasteiger partial charge in [-0.1, -0.05) is 61.5 Å². The predicted molar refractivity (Wildman–Crippen MR) is 68.2 cm³/mol. The first-order valence-corrected chi connectivity index (χ1v) is 5.97. The van der Waals surface area contributed by atoms with Crippen molar-refractivity contribution in [2.75, 3.05) is 0 Å². The van der Waals surface area contributed by atoms with Crippen LogP contribution in [0.5, 0.6) is 0 Å². The molecule has 1 heteroatoms. The average Bonchev–Trinajstić information content (AvgIpc) is 2.64. The second-order valence-electron chi connectivity index (χ2n) is 4.63. The monoisotopic (exact) mass is 222 g/mol. The largest absolute Gasteiger partial charge is 0.294 e. The number of carbonyl (C=O) groups excluding carboxylic acids is 1. The van der Waals surface area contributed by atoms with Gasteiger partial charge in [0.25, 0.3) is 0 Å². The first kappa shape index (κ1) is 10.3. The minimum absolute atomic E-state index is 0.0507. The fourth-order valence-corrected chi connectivity index (χ4v) is 2.79. The summed E-state index contributed by atoms with van der Waals surface area (Å²) in [6.45, 7) is 2.03. The van der Waals surface area contributed by atoms with Crippen LogP contribution < -0.4 is 0 Å². The molecule has 1 aliphatic carbocycles. The molecule has 0 bridgehead atoms. The van der Waals surface area contributed by atoms with E-state index in [0.29, 0.717) is 0 Å². The summed E-state index contributed by atoms with van der Waals surface area (Å²) in [5.74, 6) is 0.546. The van der Waals surface area contributed by atoms with E-state index < -0.39 is 0 Å². The van der Waals surface area contributed by atoms with Gasteiger partial charge in [0, 0.05) is 17.4 Å². The molecule has 0 unspecified atom stereocenters. The van der Waals surface area contributed by atoms with E-state index in [1.165, 1.54) is 11.1 Å². The molecule has 0 amide bonds. The Morgan fingerprint density at radius 3 is 2.29 bits per heavy atom. The number of ketones is 1. The maximum Gasteiger partial charge on any atom is 0.166 e. The lowest BCUT2D eigenvalue weighted by Gasteiger charge is -2.15. The van der Waals surface area contributed by atoms with Gasteiger partial charge in [-0.25, -0.2) is 0 Å². The van der Waals surface area contributed by atoms with E-state index in [4.69, 9.17) is 0 Å². The Morgan fingerprint density at radius 2 is 1.53 bits per heavy atom. The van der Waals surface area contributed by atoms with Crippen LogP contribution in [0.25, 0.3) is 0 Å². The number of fused-ring (bicyclic) bond motifs is 1. The molecule has 0 radical (unpaired) electrons. The molecule has 0 saturated carbocycles. The lowest BCUT2D eigenvalue weighted by atomic mass is 9.87. The summed E-state index contributed by atoms with van der Waals surface area (Å²) in [4.78, 5) is 12.2. The van der Waals surface area contributed by atoms with Crippen molar-refractivity contribution in [3.05, 3.63) is 71.3 Å². The Hall–Kier alpha value is -1.89. The summed E-state index contributed by atoms with van der Waals surface area (Å²) in [6.07, 6.45) is 0. The van der Waals surface area contributed by atoms with Crippen molar-refractivity contribution in [3.63, 3.8) is 0 Å². The van der Waals surface area contributed by atoms with Crippen molar-refractivity contribution in [1.82, 2.24) is 0 Å². The SMILES string of the molecule is C[C@H]1C(=O)c2ccccc2[C@@H]1c1ccccc1. The lowest BCUT2D eigenvalue weighted by Crippen LogP contribution is -2.10. The molecule has 1 nitrogen and oxygen atoms in total. The van der Waals surface area contributed by atoms with Gasteiger partial charge in [0.05, 0.1) is 0 Å². The molecule has 0 aliphatic heterocycles. The molecule has 84 valence electrons. The van der Waals surface area contributed by atoms with Crippen molar-refractivity contribution in [3.8, 4) is 0 Å². The molecular weight excluding hydrogens is 208 g/mol. The number of benzene rings is 2. The summed E-state index contributed by atoms with van der Waals surface area (Å²) in [5.41, 5.74) is 3.31. The smallest absolute Gasteiger partial charge is 0.166 e. The van der Waals surface area contributed by atoms with Crippen LogP contribution >= 0.6 is 0 Å². The molecule has 2 aromatic rings. The topological polar surface area (TPSA) is 17.1 Å². The van der Waals surface area contributed by atoms with Crippen molar-refractivity contribution < 1.29 is 4.79 Å². The maximum absolute atomic E-state index is 12.2. The third-order valence-corrected chi connectivity index (χ3v) is 3.63. The zero-order valence-corrected chi connectivity index (χ0v) is 9.76. The molecule has 0 spiro atoms. The van der Waals surface area contributed by atoms with E-state index >= 15 is 0 Å². The fourth-order valence-electron chi connectivity index (χ4n) is 2.79. The zero-order chi connectivity index (χ0) is 11.8. The van der Waals surface area contributed by atoms with Gasteiger partial charge in [-0.2, -0.15) is 0 Å². The maximum atomic E-state index is 12.2. The molecule has 2 atom stereocenters. The second kappa shape index (κ2) is 3.85. The molecule has 0 fully saturated rings. The predicted octanol–water partition coefficient (Wildman–Crippen LogP) is 3.65. The highest BCUT2D eigenvalue weighted by molar-refractivity contribution is 6.03. The summed E-state index contributed by atoms with van der Waals surface area (Å²) in [6, 6.07) is 18.3. The first-order valence-electron chi connectivity index (χ1n) is 5.97. The van der Waals surface area contributed by atoms with Crippen molar-refractivity contribution in [2.24, 2.45) is 5.92 Å². The third kappa shape index (κ3) is 1.50. The Morgan fingerprint density at radius 1 is 0.882 bits per heavy atom. The quantitative estimate of drug-likeness (QED) is 0.719. The van der Waals surface area contributed by atoms with Gasteiger partial charge in [0.2, 0.25) is 0 Å². The summed E-state index contributed by atoms with van der Waals surface area (Å²) < 4.78 is 0. The summed E-state index contributed by atoms with van der Waals surface area (Å²) >= 11 is 0. The third-order valence-electron chi connectivity index (χ3n) is 3.63. The number of carbonyl (C=O) groups is 1. The van der Waals surface area contributed by atoms with E-state index in [9.17, 15) is 4.79 Å². The molecule has 0 saturated heterocycles. The van der Waals surface area contributed by atoms with Crippen LogP contribution in [0.3, 0.4) is 0 Å². The van der Waals surface area contributed by atoms with Crippen molar-refractivity contribution in [2.45, 2.75) is 12.8 Å². The van der Waals surface area contributed by atoms with Crippen LogP contribution in [0.4, 0.5) is 0 Å². The van der Waals surface area contributed by atoms with Crippen molar-refractivity contribution >= 4 is 5.78 Å². The Kier molecular flexibility index (Phi) is 2.32. The summed E-state index contributed by atoms with van der Waals surface area (Å²) in [5, 5.41) is 0. The van der Waals surface area contributed by atoms with E-state index in [0.717, 1.165) is 5.56 Å². The van der Waals surface area contributed by atoms with E-state index in [2.05, 4.69) is 18.2 Å². The summed E-state index contributed by atoms with van der Waals surface area (Å²) in [7, 11) is 0. The van der Waals surface area contributed by atoms with Crippen LogP contribution in [-0.2, 0) is 0 Å². The molecule has 1 aliphatic rings. The fraction of sp³-hybridized carbons (Fsp3) is 0.188. The highest BCUT2D eigenvalue weighted by Gasteiger charge is 2.36. The van der Waals surface area contributed by atoms with Crippen molar-refractivity contribution in [1.29, 1.82) is 0 Å². The van der Waals surface area contributed by atoms with Gasteiger partial charge in [-0.05, 0) is 11.1 Å². The molecule has 0 N–H and O–H groups in total. The number of hydrogen-bond donors (Lipinski definition) is 0. The Labute approximate surface area is 101 Å². The van der Waals surface area contributed by atoms with Crippen LogP contribution in [0, 0.1) is 5.92 Å². The van der Waals surface area contributed by atoms with Gasteiger partial charge >= 0.3 is 0 Å². The first-order chi connectivity index (χ1) is 8.29. The van der Waals surface area contributed by atoms with E-state index in [-0.39, 0.29) is 17.6 Å². The van der Waals surface area contributed by atoms with Gasteiger partial charge in [0.1, 0.15) is 0 Å². The standard InChI is InChI=1S/C16H14O/c1-11-15(12-7-3-2-4-8-12)13-9-5-6-10-14(13)16(11)17/h2-11,15H,1H3/t11-,15+/m1/s1. The zero-order valence-electron chi connectivity index (χ0n) is 9.76. The van der Waals surface area contributed by atoms with Crippen LogP contribution in [0.2, 0.25) is 0 Å². The molecular formula is C16H14O. The normalized spacial score (nSPS) is 22.5. The molecule has 17 heavy (non-hydrogen) atoms. The minimum Gasteiger partial charge on any atom is -0.294 e. The van der Waals surface area contributed by atoms with Crippen LogP contribution in [-0.4, -0.2) is 5.78 Å². The highest BCUT2D eigenvalue weighted by atomic mass is 16.1. The van der Waals surface area contributed by atoms with Gasteiger partial charge in [-0.3, -0.25) is 4.79 Å². The molecule has 2 aromatic carbocycles. The number of Topliss-reactive ketones (excluding diaryl/α,β-unsaturated/α-hetero) is 1. The van der Waals surface area contributed by atoms with Gasteiger partial charge in [-0.15, -0.1) is 0 Å². The number of hydrogen-bond acceptors (Lipinski definition) is 1. The lowest BCUT2D eigenvalue weighted by molar-refractivity contribution is 0.0939. The van der Waals surface area contributed by atoms with Crippen LogP contribution in [0.15, 0.2) is 54.6 Å². The molecule has 3 rings (SSSR count). The van der Waals surface area contributed by atoms with Gasteiger partial charge < -0.3 is 0 Å². The second-order valence-corrected chi connectivity index (χ2v) is 4.63. The minimum atomic E-state index is 0.0507. The number of rotatable bonds is 1. The Balaban J connectivity index is 2.16. The molecule has 0 aromatic heterocycles.